The van der Waals surface area contributed by atoms with Gasteiger partial charge in [-0.15, -0.1) is 0 Å². The molecule has 1 aliphatic heterocycles. The maximum absolute atomic E-state index is 12.8. The van der Waals surface area contributed by atoms with Gasteiger partial charge in [-0.25, -0.2) is 8.42 Å². The minimum absolute atomic E-state index is 0.0106. The summed E-state index contributed by atoms with van der Waals surface area (Å²) in [5.41, 5.74) is 0.817. The molecule has 23 heavy (non-hydrogen) atoms. The van der Waals surface area contributed by atoms with E-state index in [4.69, 9.17) is 4.74 Å². The van der Waals surface area contributed by atoms with Crippen molar-refractivity contribution in [3.05, 3.63) is 36.2 Å². The van der Waals surface area contributed by atoms with Crippen LogP contribution in [0.1, 0.15) is 24.9 Å². The number of sulfonamides is 1. The molecule has 0 amide bonds. The summed E-state index contributed by atoms with van der Waals surface area (Å²) in [6.07, 6.45) is 3.92. The molecular weight excluding hydrogens is 316 g/mol. The Labute approximate surface area is 135 Å². The maximum Gasteiger partial charge on any atom is 0.243 e. The fraction of sp³-hybridized carbons (Fsp3) is 0.467. The van der Waals surface area contributed by atoms with E-state index in [9.17, 15) is 8.42 Å². The molecule has 1 aromatic heterocycles. The Morgan fingerprint density at radius 2 is 2.04 bits per heavy atom. The molecule has 1 aliphatic rings. The Hall–Kier alpha value is -1.93. The van der Waals surface area contributed by atoms with E-state index in [2.05, 4.69) is 10.2 Å². The van der Waals surface area contributed by atoms with Crippen molar-refractivity contribution in [3.63, 3.8) is 0 Å². The van der Waals surface area contributed by atoms with Crippen LogP contribution in [-0.2, 0) is 10.0 Å². The SMILES string of the molecule is CCOc1ccc(S(=O)(=O)N2CCC(n3nccn3)C2)cc1C. The highest BCUT2D eigenvalue weighted by Gasteiger charge is 2.34. The van der Waals surface area contributed by atoms with Gasteiger partial charge in [0, 0.05) is 13.1 Å². The predicted octanol–water partition coefficient (Wildman–Crippen LogP) is 1.62. The molecule has 0 spiro atoms. The van der Waals surface area contributed by atoms with Crippen LogP contribution in [0.25, 0.3) is 0 Å². The lowest BCUT2D eigenvalue weighted by Gasteiger charge is -2.17. The van der Waals surface area contributed by atoms with Crippen molar-refractivity contribution >= 4 is 10.0 Å². The molecule has 1 aromatic carbocycles. The second-order valence-corrected chi connectivity index (χ2v) is 7.45. The third kappa shape index (κ3) is 3.09. The summed E-state index contributed by atoms with van der Waals surface area (Å²) in [5.74, 6) is 0.714. The van der Waals surface area contributed by atoms with Gasteiger partial charge in [-0.05, 0) is 44.0 Å². The Kier molecular flexibility index (Phi) is 4.36. The molecule has 2 heterocycles. The molecule has 0 saturated carbocycles. The molecule has 1 atom stereocenters. The highest BCUT2D eigenvalue weighted by molar-refractivity contribution is 7.89. The summed E-state index contributed by atoms with van der Waals surface area (Å²) >= 11 is 0. The topological polar surface area (TPSA) is 77.3 Å². The molecule has 3 rings (SSSR count). The zero-order chi connectivity index (χ0) is 16.4. The summed E-state index contributed by atoms with van der Waals surface area (Å²) in [6.45, 7) is 5.17. The van der Waals surface area contributed by atoms with Crippen LogP contribution in [0.5, 0.6) is 5.75 Å². The molecule has 0 aliphatic carbocycles. The fourth-order valence-corrected chi connectivity index (χ4v) is 4.36. The van der Waals surface area contributed by atoms with E-state index >= 15 is 0 Å². The van der Waals surface area contributed by atoms with Gasteiger partial charge in [-0.3, -0.25) is 0 Å². The highest BCUT2D eigenvalue weighted by atomic mass is 32.2. The van der Waals surface area contributed by atoms with Crippen LogP contribution in [0.4, 0.5) is 0 Å². The number of hydrogen-bond donors (Lipinski definition) is 0. The molecule has 8 heteroatoms. The standard InChI is InChI=1S/C15H20N4O3S/c1-3-22-15-5-4-14(10-12(15)2)23(20,21)18-9-6-13(11-18)19-16-7-8-17-19/h4-5,7-8,10,13H,3,6,9,11H2,1-2H3. The minimum atomic E-state index is -3.51. The molecule has 7 nitrogen and oxygen atoms in total. The molecule has 0 radical (unpaired) electrons. The van der Waals surface area contributed by atoms with Crippen LogP contribution in [0, 0.1) is 6.92 Å². The van der Waals surface area contributed by atoms with Crippen molar-refractivity contribution in [1.82, 2.24) is 19.3 Å². The van der Waals surface area contributed by atoms with Gasteiger partial charge in [0.05, 0.1) is 29.9 Å². The van der Waals surface area contributed by atoms with Gasteiger partial charge in [0.25, 0.3) is 0 Å². The first-order valence-electron chi connectivity index (χ1n) is 7.61. The third-order valence-corrected chi connectivity index (χ3v) is 5.83. The van der Waals surface area contributed by atoms with Gasteiger partial charge in [0.1, 0.15) is 5.75 Å². The Morgan fingerprint density at radius 1 is 1.30 bits per heavy atom. The van der Waals surface area contributed by atoms with Gasteiger partial charge in [-0.2, -0.15) is 19.3 Å². The average Bonchev–Trinajstić information content (AvgIpc) is 3.20. The lowest BCUT2D eigenvalue weighted by atomic mass is 10.2. The summed E-state index contributed by atoms with van der Waals surface area (Å²) in [7, 11) is -3.51. The van der Waals surface area contributed by atoms with Gasteiger partial charge in [-0.1, -0.05) is 0 Å². The summed E-state index contributed by atoms with van der Waals surface area (Å²) in [6, 6.07) is 4.98. The number of nitrogens with zero attached hydrogens (tertiary/aromatic N) is 4. The van der Waals surface area contributed by atoms with E-state index in [1.165, 1.54) is 4.31 Å². The van der Waals surface area contributed by atoms with Gasteiger partial charge >= 0.3 is 0 Å². The quantitative estimate of drug-likeness (QED) is 0.829. The highest BCUT2D eigenvalue weighted by Crippen LogP contribution is 2.28. The van der Waals surface area contributed by atoms with E-state index in [1.54, 1.807) is 35.4 Å². The Morgan fingerprint density at radius 3 is 2.70 bits per heavy atom. The summed E-state index contributed by atoms with van der Waals surface area (Å²) in [4.78, 5) is 1.88. The molecule has 1 saturated heterocycles. The molecule has 0 N–H and O–H groups in total. The van der Waals surface area contributed by atoms with Crippen molar-refractivity contribution in [1.29, 1.82) is 0 Å². The van der Waals surface area contributed by atoms with Crippen LogP contribution in [0.15, 0.2) is 35.5 Å². The van der Waals surface area contributed by atoms with Gasteiger partial charge < -0.3 is 4.74 Å². The van der Waals surface area contributed by atoms with E-state index in [-0.39, 0.29) is 6.04 Å². The monoisotopic (exact) mass is 336 g/mol. The molecule has 1 unspecified atom stereocenters. The van der Waals surface area contributed by atoms with E-state index < -0.39 is 10.0 Å². The number of rotatable bonds is 5. The predicted molar refractivity (Wildman–Crippen MR) is 84.8 cm³/mol. The number of benzene rings is 1. The minimum Gasteiger partial charge on any atom is -0.494 e. The van der Waals surface area contributed by atoms with Crippen LogP contribution in [0.2, 0.25) is 0 Å². The zero-order valence-corrected chi connectivity index (χ0v) is 14.0. The van der Waals surface area contributed by atoms with Crippen molar-refractivity contribution in [2.24, 2.45) is 0 Å². The Bertz CT molecular complexity index is 774. The van der Waals surface area contributed by atoms with Gasteiger partial charge in [0.2, 0.25) is 10.0 Å². The van der Waals surface area contributed by atoms with Gasteiger partial charge in [0.15, 0.2) is 0 Å². The molecular formula is C15H20N4O3S. The summed E-state index contributed by atoms with van der Waals surface area (Å²) < 4.78 is 32.6. The van der Waals surface area contributed by atoms with Crippen LogP contribution < -0.4 is 4.74 Å². The smallest absolute Gasteiger partial charge is 0.243 e. The van der Waals surface area contributed by atoms with E-state index in [0.29, 0.717) is 36.8 Å². The largest absolute Gasteiger partial charge is 0.494 e. The van der Waals surface area contributed by atoms with E-state index in [0.717, 1.165) is 5.56 Å². The first-order valence-corrected chi connectivity index (χ1v) is 9.05. The normalized spacial score (nSPS) is 19.1. The fourth-order valence-electron chi connectivity index (χ4n) is 2.78. The van der Waals surface area contributed by atoms with Crippen molar-refractivity contribution in [2.45, 2.75) is 31.2 Å². The number of aromatic nitrogens is 3. The molecule has 2 aromatic rings. The Balaban J connectivity index is 1.81. The van der Waals surface area contributed by atoms with Crippen LogP contribution in [-0.4, -0.2) is 47.4 Å². The van der Waals surface area contributed by atoms with Crippen molar-refractivity contribution in [2.75, 3.05) is 19.7 Å². The van der Waals surface area contributed by atoms with Crippen molar-refractivity contribution in [3.8, 4) is 5.75 Å². The van der Waals surface area contributed by atoms with Crippen LogP contribution >= 0.6 is 0 Å². The second kappa shape index (κ2) is 6.29. The van der Waals surface area contributed by atoms with Crippen LogP contribution in [0.3, 0.4) is 0 Å². The summed E-state index contributed by atoms with van der Waals surface area (Å²) in [5, 5.41) is 8.20. The second-order valence-electron chi connectivity index (χ2n) is 5.52. The average molecular weight is 336 g/mol. The molecule has 0 bridgehead atoms. The number of aryl methyl sites for hydroxylation is 1. The van der Waals surface area contributed by atoms with Crippen molar-refractivity contribution < 1.29 is 13.2 Å². The zero-order valence-electron chi connectivity index (χ0n) is 13.2. The molecule has 1 fully saturated rings. The lowest BCUT2D eigenvalue weighted by molar-refractivity contribution is 0.337. The van der Waals surface area contributed by atoms with E-state index in [1.807, 2.05) is 13.8 Å². The maximum atomic E-state index is 12.8. The number of hydrogen-bond acceptors (Lipinski definition) is 5. The lowest BCUT2D eigenvalue weighted by Crippen LogP contribution is -2.29. The molecule has 124 valence electrons. The first-order chi connectivity index (χ1) is 11.0. The number of ether oxygens (including phenoxy) is 1. The third-order valence-electron chi connectivity index (χ3n) is 3.97. The first kappa shape index (κ1) is 15.9.